The van der Waals surface area contributed by atoms with E-state index in [1.54, 1.807) is 6.07 Å². The van der Waals surface area contributed by atoms with E-state index in [9.17, 15) is 23.5 Å². The second-order valence-electron chi connectivity index (χ2n) is 7.31. The maximum atomic E-state index is 14.6. The summed E-state index contributed by atoms with van der Waals surface area (Å²) in [6, 6.07) is 9.38. The highest BCUT2D eigenvalue weighted by atomic mass is 19.1. The van der Waals surface area contributed by atoms with Gasteiger partial charge in [-0.2, -0.15) is 0 Å². The first kappa shape index (κ1) is 20.7. The van der Waals surface area contributed by atoms with Crippen LogP contribution in [0.1, 0.15) is 23.6 Å². The Balaban J connectivity index is 2.11. The molecule has 0 aromatic heterocycles. The molecule has 1 fully saturated rings. The van der Waals surface area contributed by atoms with Crippen LogP contribution in [-0.2, 0) is 9.59 Å². The summed E-state index contributed by atoms with van der Waals surface area (Å²) in [5.41, 5.74) is -0.137. The number of quaternary nitrogens is 1. The maximum absolute atomic E-state index is 14.6. The van der Waals surface area contributed by atoms with Crippen LogP contribution in [0, 0.1) is 11.6 Å². The van der Waals surface area contributed by atoms with Gasteiger partial charge in [-0.1, -0.05) is 36.1 Å². The third kappa shape index (κ3) is 4.19. The van der Waals surface area contributed by atoms with E-state index in [0.29, 0.717) is 6.42 Å². The zero-order chi connectivity index (χ0) is 21.1. The van der Waals surface area contributed by atoms with E-state index in [2.05, 4.69) is 0 Å². The van der Waals surface area contributed by atoms with Crippen molar-refractivity contribution in [3.8, 4) is 0 Å². The van der Waals surface area contributed by atoms with E-state index in [1.807, 2.05) is 14.1 Å². The maximum Gasteiger partial charge on any atom is 0.295 e. The Morgan fingerprint density at radius 1 is 1.07 bits per heavy atom. The fraction of sp³-hybridized carbons (Fsp3) is 0.273. The van der Waals surface area contributed by atoms with Gasteiger partial charge in [-0.25, -0.2) is 8.78 Å². The number of hydrogen-bond acceptors (Lipinski definition) is 3. The standard InChI is InChI=1S/C22H22F2N2O3/c1-25(2)12-5-13-26-19(16-6-3-4-7-17(16)24)18(21(28)22(26)29)20(27)14-8-10-15(23)11-9-14/h3-4,6-11,19,27H,5,12-13H2,1-2H3. The Labute approximate surface area is 167 Å². The number of nitrogens with one attached hydrogen (secondary N) is 1. The van der Waals surface area contributed by atoms with Gasteiger partial charge in [0.25, 0.3) is 5.91 Å². The number of ketones is 1. The molecule has 152 valence electrons. The van der Waals surface area contributed by atoms with Crippen molar-refractivity contribution in [2.24, 2.45) is 0 Å². The van der Waals surface area contributed by atoms with Gasteiger partial charge in [-0.15, -0.1) is 0 Å². The smallest absolute Gasteiger partial charge is 0.295 e. The van der Waals surface area contributed by atoms with Crippen LogP contribution in [0.5, 0.6) is 0 Å². The number of carbonyl (C=O) groups is 2. The van der Waals surface area contributed by atoms with E-state index in [-0.39, 0.29) is 23.2 Å². The number of amides is 1. The largest absolute Gasteiger partial charge is 0.872 e. The van der Waals surface area contributed by atoms with Gasteiger partial charge in [0.05, 0.1) is 26.7 Å². The van der Waals surface area contributed by atoms with Gasteiger partial charge in [-0.05, 0) is 23.8 Å². The van der Waals surface area contributed by atoms with Crippen molar-refractivity contribution in [1.82, 2.24) is 4.90 Å². The minimum absolute atomic E-state index is 0.0727. The number of halogens is 2. The molecule has 1 heterocycles. The molecule has 2 aromatic carbocycles. The lowest BCUT2D eigenvalue weighted by atomic mass is 9.95. The summed E-state index contributed by atoms with van der Waals surface area (Å²) < 4.78 is 27.8. The van der Waals surface area contributed by atoms with Crippen molar-refractivity contribution in [1.29, 1.82) is 0 Å². The molecule has 2 aromatic rings. The molecular weight excluding hydrogens is 378 g/mol. The molecule has 1 aliphatic rings. The summed E-state index contributed by atoms with van der Waals surface area (Å²) in [4.78, 5) is 27.9. The van der Waals surface area contributed by atoms with Crippen molar-refractivity contribution < 1.29 is 28.4 Å². The number of likely N-dealkylation sites (tertiary alicyclic amines) is 1. The van der Waals surface area contributed by atoms with E-state index in [4.69, 9.17) is 0 Å². The lowest BCUT2D eigenvalue weighted by molar-refractivity contribution is -0.858. The van der Waals surface area contributed by atoms with Crippen LogP contribution in [0.3, 0.4) is 0 Å². The van der Waals surface area contributed by atoms with Gasteiger partial charge in [0.2, 0.25) is 5.78 Å². The van der Waals surface area contributed by atoms with E-state index in [0.717, 1.165) is 23.6 Å². The van der Waals surface area contributed by atoms with Crippen LogP contribution in [0.15, 0.2) is 54.1 Å². The first-order valence-electron chi connectivity index (χ1n) is 9.37. The number of Topliss-reactive ketones (excluding diaryl/α,β-unsaturated/α-hetero) is 1. The van der Waals surface area contributed by atoms with Crippen LogP contribution in [0.25, 0.3) is 5.76 Å². The molecule has 3 rings (SSSR count). The number of hydrogen-bond donors (Lipinski definition) is 1. The first-order valence-corrected chi connectivity index (χ1v) is 9.37. The highest BCUT2D eigenvalue weighted by Crippen LogP contribution is 2.39. The second kappa shape index (κ2) is 8.53. The van der Waals surface area contributed by atoms with Gasteiger partial charge in [0.1, 0.15) is 11.6 Å². The first-order chi connectivity index (χ1) is 13.8. The van der Waals surface area contributed by atoms with Gasteiger partial charge >= 0.3 is 0 Å². The van der Waals surface area contributed by atoms with Crippen molar-refractivity contribution in [3.05, 3.63) is 76.9 Å². The van der Waals surface area contributed by atoms with Gasteiger partial charge in [0, 0.05) is 24.1 Å². The van der Waals surface area contributed by atoms with Crippen molar-refractivity contribution in [3.63, 3.8) is 0 Å². The van der Waals surface area contributed by atoms with E-state index in [1.165, 1.54) is 35.2 Å². The van der Waals surface area contributed by atoms with Gasteiger partial charge in [0.15, 0.2) is 0 Å². The van der Waals surface area contributed by atoms with Crippen LogP contribution in [0.2, 0.25) is 0 Å². The summed E-state index contributed by atoms with van der Waals surface area (Å²) in [7, 11) is 3.92. The number of benzene rings is 2. The van der Waals surface area contributed by atoms with E-state index < -0.39 is 35.1 Å². The Kier molecular flexibility index (Phi) is 6.08. The quantitative estimate of drug-likeness (QED) is 0.442. The number of rotatable bonds is 6. The topological polar surface area (TPSA) is 64.9 Å². The second-order valence-corrected chi connectivity index (χ2v) is 7.31. The zero-order valence-corrected chi connectivity index (χ0v) is 16.2. The normalized spacial score (nSPS) is 18.7. The molecule has 0 bridgehead atoms. The molecule has 7 heteroatoms. The molecule has 1 saturated heterocycles. The Bertz CT molecular complexity index is 955. The van der Waals surface area contributed by atoms with Gasteiger partial charge in [-0.3, -0.25) is 9.59 Å². The summed E-state index contributed by atoms with van der Waals surface area (Å²) in [5.74, 6) is -3.59. The minimum Gasteiger partial charge on any atom is -0.872 e. The summed E-state index contributed by atoms with van der Waals surface area (Å²) in [5, 5.41) is 13.1. The Morgan fingerprint density at radius 2 is 1.72 bits per heavy atom. The Hall–Kier alpha value is -3.06. The molecule has 5 nitrogen and oxygen atoms in total. The average Bonchev–Trinajstić information content (AvgIpc) is 2.93. The van der Waals surface area contributed by atoms with Crippen LogP contribution >= 0.6 is 0 Å². The lowest BCUT2D eigenvalue weighted by Gasteiger charge is -2.28. The van der Waals surface area contributed by atoms with Crippen molar-refractivity contribution >= 4 is 17.4 Å². The third-order valence-corrected chi connectivity index (χ3v) is 4.91. The molecule has 0 radical (unpaired) electrons. The third-order valence-electron chi connectivity index (χ3n) is 4.91. The van der Waals surface area contributed by atoms with Crippen LogP contribution in [-0.4, -0.2) is 43.8 Å². The SMILES string of the molecule is C[NH+](C)CCCN1C(=O)C(=O)C(=C([O-])c2ccc(F)cc2)C1c1ccccc1F. The van der Waals surface area contributed by atoms with Crippen molar-refractivity contribution in [2.45, 2.75) is 12.5 Å². The molecule has 0 spiro atoms. The highest BCUT2D eigenvalue weighted by molar-refractivity contribution is 6.46. The minimum atomic E-state index is -1.11. The van der Waals surface area contributed by atoms with Gasteiger partial charge < -0.3 is 14.9 Å². The molecule has 1 unspecified atom stereocenters. The summed E-state index contributed by atoms with van der Waals surface area (Å²) in [6.07, 6.45) is 0.588. The fourth-order valence-corrected chi connectivity index (χ4v) is 3.48. The van der Waals surface area contributed by atoms with Crippen LogP contribution < -0.4 is 10.0 Å². The molecule has 0 aliphatic carbocycles. The Morgan fingerprint density at radius 3 is 2.34 bits per heavy atom. The molecule has 1 amide bonds. The van der Waals surface area contributed by atoms with Crippen LogP contribution in [0.4, 0.5) is 8.78 Å². The van der Waals surface area contributed by atoms with Crippen molar-refractivity contribution in [2.75, 3.05) is 27.2 Å². The number of carbonyl (C=O) groups excluding carboxylic acids is 2. The molecule has 1 aliphatic heterocycles. The summed E-state index contributed by atoms with van der Waals surface area (Å²) in [6.45, 7) is 0.957. The molecule has 0 saturated carbocycles. The summed E-state index contributed by atoms with van der Waals surface area (Å²) >= 11 is 0. The fourth-order valence-electron chi connectivity index (χ4n) is 3.48. The molecular formula is C22H22F2N2O3. The highest BCUT2D eigenvalue weighted by Gasteiger charge is 2.44. The predicted molar refractivity (Wildman–Crippen MR) is 101 cm³/mol. The molecule has 1 N–H and O–H groups in total. The lowest BCUT2D eigenvalue weighted by Crippen LogP contribution is -3.05. The van der Waals surface area contributed by atoms with E-state index >= 15 is 0 Å². The molecule has 1 atom stereocenters. The zero-order valence-electron chi connectivity index (χ0n) is 16.2. The molecule has 29 heavy (non-hydrogen) atoms. The average molecular weight is 400 g/mol. The number of nitrogens with zero attached hydrogens (tertiary/aromatic N) is 1. The predicted octanol–water partition coefficient (Wildman–Crippen LogP) is 0.723. The monoisotopic (exact) mass is 400 g/mol.